The first-order chi connectivity index (χ1) is 7.58. The first-order valence-electron chi connectivity index (χ1n) is 4.89. The predicted molar refractivity (Wildman–Crippen MR) is 60.5 cm³/mol. The molecule has 0 saturated carbocycles. The molecule has 0 bridgehead atoms. The summed E-state index contributed by atoms with van der Waals surface area (Å²) in [6, 6.07) is 5.24. The molecule has 0 aliphatic heterocycles. The molecular formula is C11H13N3O2. The summed E-state index contributed by atoms with van der Waals surface area (Å²) < 4.78 is 5.09. The smallest absolute Gasteiger partial charge is 0.265 e. The number of phenols is 1. The van der Waals surface area contributed by atoms with Crippen molar-refractivity contribution in [1.82, 2.24) is 10.1 Å². The van der Waals surface area contributed by atoms with Gasteiger partial charge < -0.3 is 14.5 Å². The van der Waals surface area contributed by atoms with Gasteiger partial charge in [-0.05, 0) is 24.2 Å². The highest BCUT2D eigenvalue weighted by Crippen LogP contribution is 2.29. The minimum absolute atomic E-state index is 0.138. The number of phenolic OH excluding ortho intramolecular Hbond substituents is 1. The molecule has 0 aliphatic rings. The Morgan fingerprint density at radius 1 is 1.31 bits per heavy atom. The van der Waals surface area contributed by atoms with Gasteiger partial charge in [-0.2, -0.15) is 4.98 Å². The third kappa shape index (κ3) is 1.84. The highest BCUT2D eigenvalue weighted by atomic mass is 16.5. The zero-order chi connectivity index (χ0) is 11.7. The molecule has 16 heavy (non-hydrogen) atoms. The second-order valence-electron chi connectivity index (χ2n) is 3.81. The molecule has 0 aliphatic carbocycles. The Hall–Kier alpha value is -2.04. The van der Waals surface area contributed by atoms with E-state index in [0.717, 1.165) is 5.56 Å². The molecule has 0 atom stereocenters. The van der Waals surface area contributed by atoms with Crippen LogP contribution in [0.3, 0.4) is 0 Å². The van der Waals surface area contributed by atoms with Crippen molar-refractivity contribution in [3.63, 3.8) is 0 Å². The Labute approximate surface area is 93.3 Å². The average molecular weight is 219 g/mol. The standard InChI is InChI=1S/C11H13N3O2/c1-7-4-5-9(15)8(6-7)10-12-11(13-16-10)14(2)3/h4-6,15H,1-3H3. The van der Waals surface area contributed by atoms with E-state index in [1.54, 1.807) is 11.0 Å². The molecule has 0 fully saturated rings. The molecule has 1 aromatic carbocycles. The Kier molecular flexibility index (Phi) is 2.52. The summed E-state index contributed by atoms with van der Waals surface area (Å²) in [5.41, 5.74) is 1.58. The SMILES string of the molecule is Cc1ccc(O)c(-c2nc(N(C)C)no2)c1. The van der Waals surface area contributed by atoms with E-state index in [9.17, 15) is 5.11 Å². The number of nitrogens with zero attached hydrogens (tertiary/aromatic N) is 3. The topological polar surface area (TPSA) is 62.4 Å². The van der Waals surface area contributed by atoms with Crippen molar-refractivity contribution in [1.29, 1.82) is 0 Å². The minimum Gasteiger partial charge on any atom is -0.507 e. The van der Waals surface area contributed by atoms with E-state index < -0.39 is 0 Å². The fourth-order valence-electron chi connectivity index (χ4n) is 1.33. The Morgan fingerprint density at radius 2 is 2.06 bits per heavy atom. The van der Waals surface area contributed by atoms with Gasteiger partial charge in [0.2, 0.25) is 0 Å². The van der Waals surface area contributed by atoms with Gasteiger partial charge in [-0.3, -0.25) is 0 Å². The largest absolute Gasteiger partial charge is 0.507 e. The number of rotatable bonds is 2. The van der Waals surface area contributed by atoms with Crippen LogP contribution in [-0.2, 0) is 0 Å². The van der Waals surface area contributed by atoms with Gasteiger partial charge in [0, 0.05) is 14.1 Å². The zero-order valence-corrected chi connectivity index (χ0v) is 9.43. The molecule has 84 valence electrons. The van der Waals surface area contributed by atoms with E-state index in [2.05, 4.69) is 10.1 Å². The lowest BCUT2D eigenvalue weighted by Crippen LogP contribution is -2.10. The van der Waals surface area contributed by atoms with Crippen LogP contribution < -0.4 is 4.90 Å². The molecule has 0 amide bonds. The molecular weight excluding hydrogens is 206 g/mol. The summed E-state index contributed by atoms with van der Waals surface area (Å²) in [6.07, 6.45) is 0. The molecule has 2 aromatic rings. The monoisotopic (exact) mass is 219 g/mol. The van der Waals surface area contributed by atoms with Crippen LogP contribution in [0.1, 0.15) is 5.56 Å². The Bertz CT molecular complexity index is 506. The summed E-state index contributed by atoms with van der Waals surface area (Å²) in [7, 11) is 3.65. The molecule has 5 nitrogen and oxygen atoms in total. The highest BCUT2D eigenvalue weighted by Gasteiger charge is 2.13. The number of aryl methyl sites for hydroxylation is 1. The van der Waals surface area contributed by atoms with Crippen LogP contribution in [0.2, 0.25) is 0 Å². The van der Waals surface area contributed by atoms with Gasteiger partial charge in [0.15, 0.2) is 0 Å². The molecule has 2 rings (SSSR count). The highest BCUT2D eigenvalue weighted by molar-refractivity contribution is 5.63. The summed E-state index contributed by atoms with van der Waals surface area (Å²) in [5.74, 6) is 0.945. The maximum absolute atomic E-state index is 9.69. The van der Waals surface area contributed by atoms with Crippen molar-refractivity contribution in [2.75, 3.05) is 19.0 Å². The maximum atomic E-state index is 9.69. The van der Waals surface area contributed by atoms with Gasteiger partial charge in [-0.25, -0.2) is 0 Å². The third-order valence-corrected chi connectivity index (χ3v) is 2.20. The van der Waals surface area contributed by atoms with Crippen LogP contribution in [0.4, 0.5) is 5.95 Å². The first-order valence-corrected chi connectivity index (χ1v) is 4.89. The number of benzene rings is 1. The van der Waals surface area contributed by atoms with Crippen LogP contribution in [0.25, 0.3) is 11.5 Å². The summed E-state index contributed by atoms with van der Waals surface area (Å²) >= 11 is 0. The van der Waals surface area contributed by atoms with Crippen molar-refractivity contribution < 1.29 is 9.63 Å². The quantitative estimate of drug-likeness (QED) is 0.834. The second kappa shape index (κ2) is 3.84. The summed E-state index contributed by atoms with van der Waals surface area (Å²) in [4.78, 5) is 5.91. The summed E-state index contributed by atoms with van der Waals surface area (Å²) in [6.45, 7) is 1.94. The van der Waals surface area contributed by atoms with Crippen LogP contribution in [0, 0.1) is 6.92 Å². The average Bonchev–Trinajstić information content (AvgIpc) is 2.70. The molecule has 5 heteroatoms. The van der Waals surface area contributed by atoms with E-state index in [1.165, 1.54) is 0 Å². The fraction of sp³-hybridized carbons (Fsp3) is 0.273. The van der Waals surface area contributed by atoms with Crippen molar-refractivity contribution in [2.45, 2.75) is 6.92 Å². The van der Waals surface area contributed by atoms with Crippen LogP contribution in [0.5, 0.6) is 5.75 Å². The molecule has 0 radical (unpaired) electrons. The van der Waals surface area contributed by atoms with Gasteiger partial charge in [-0.15, -0.1) is 0 Å². The Balaban J connectivity index is 2.46. The second-order valence-corrected chi connectivity index (χ2v) is 3.81. The number of hydrogen-bond acceptors (Lipinski definition) is 5. The van der Waals surface area contributed by atoms with Gasteiger partial charge >= 0.3 is 0 Å². The Morgan fingerprint density at radius 3 is 2.69 bits per heavy atom. The van der Waals surface area contributed by atoms with Crippen LogP contribution >= 0.6 is 0 Å². The van der Waals surface area contributed by atoms with Crippen molar-refractivity contribution >= 4 is 5.95 Å². The lowest BCUT2D eigenvalue weighted by atomic mass is 10.1. The van der Waals surface area contributed by atoms with E-state index in [4.69, 9.17) is 4.52 Å². The van der Waals surface area contributed by atoms with E-state index in [0.29, 0.717) is 17.4 Å². The zero-order valence-electron chi connectivity index (χ0n) is 9.43. The van der Waals surface area contributed by atoms with E-state index in [-0.39, 0.29) is 5.75 Å². The first kappa shape index (κ1) is 10.5. The van der Waals surface area contributed by atoms with E-state index in [1.807, 2.05) is 33.2 Å². The molecule has 0 spiro atoms. The lowest BCUT2D eigenvalue weighted by molar-refractivity contribution is 0.424. The van der Waals surface area contributed by atoms with Gasteiger partial charge in [0.05, 0.1) is 5.56 Å². The van der Waals surface area contributed by atoms with Crippen molar-refractivity contribution in [3.8, 4) is 17.2 Å². The molecule has 0 unspecified atom stereocenters. The number of aromatic nitrogens is 2. The van der Waals surface area contributed by atoms with Gasteiger partial charge in [0.25, 0.3) is 11.8 Å². The summed E-state index contributed by atoms with van der Waals surface area (Å²) in [5, 5.41) is 13.5. The fourth-order valence-corrected chi connectivity index (χ4v) is 1.33. The number of anilines is 1. The third-order valence-electron chi connectivity index (χ3n) is 2.20. The van der Waals surface area contributed by atoms with E-state index >= 15 is 0 Å². The molecule has 0 saturated heterocycles. The molecule has 1 aromatic heterocycles. The maximum Gasteiger partial charge on any atom is 0.265 e. The number of aromatic hydroxyl groups is 1. The van der Waals surface area contributed by atoms with Gasteiger partial charge in [0.1, 0.15) is 5.75 Å². The normalized spacial score (nSPS) is 10.4. The van der Waals surface area contributed by atoms with Crippen molar-refractivity contribution in [3.05, 3.63) is 23.8 Å². The van der Waals surface area contributed by atoms with Crippen LogP contribution in [-0.4, -0.2) is 29.3 Å². The van der Waals surface area contributed by atoms with Crippen molar-refractivity contribution in [2.24, 2.45) is 0 Å². The lowest BCUT2D eigenvalue weighted by Gasteiger charge is -2.03. The minimum atomic E-state index is 0.138. The van der Waals surface area contributed by atoms with Gasteiger partial charge in [-0.1, -0.05) is 11.6 Å². The van der Waals surface area contributed by atoms with Crippen LogP contribution in [0.15, 0.2) is 22.7 Å². The molecule has 1 heterocycles. The predicted octanol–water partition coefficient (Wildman–Crippen LogP) is 1.82. The molecule has 1 N–H and O–H groups in total. The number of hydrogen-bond donors (Lipinski definition) is 1.